The van der Waals surface area contributed by atoms with Crippen molar-refractivity contribution in [2.24, 2.45) is 23.7 Å². The normalized spacial score (nSPS) is 40.3. The van der Waals surface area contributed by atoms with E-state index in [9.17, 15) is 5.11 Å². The Morgan fingerprint density at radius 2 is 1.67 bits per heavy atom. The molecular formula is C16H31NO. The minimum Gasteiger partial charge on any atom is -0.391 e. The maximum atomic E-state index is 10.4. The van der Waals surface area contributed by atoms with E-state index in [1.807, 2.05) is 0 Å². The lowest BCUT2D eigenvalue weighted by atomic mass is 9.76. The fourth-order valence-corrected chi connectivity index (χ4v) is 4.29. The highest BCUT2D eigenvalue weighted by atomic mass is 16.3. The number of hydrogen-bond donors (Lipinski definition) is 1. The Labute approximate surface area is 113 Å². The van der Waals surface area contributed by atoms with Crippen LogP contribution in [-0.2, 0) is 0 Å². The Morgan fingerprint density at radius 1 is 1.06 bits per heavy atom. The number of aliphatic hydroxyl groups excluding tert-OH is 1. The van der Waals surface area contributed by atoms with Crippen molar-refractivity contribution >= 4 is 0 Å². The van der Waals surface area contributed by atoms with Gasteiger partial charge in [0.25, 0.3) is 0 Å². The molecule has 0 aromatic rings. The van der Waals surface area contributed by atoms with Gasteiger partial charge in [-0.1, -0.05) is 27.7 Å². The van der Waals surface area contributed by atoms with Gasteiger partial charge in [0.15, 0.2) is 0 Å². The van der Waals surface area contributed by atoms with E-state index in [1.165, 1.54) is 32.4 Å². The molecule has 0 aromatic heterocycles. The summed E-state index contributed by atoms with van der Waals surface area (Å²) >= 11 is 0. The molecule has 2 aliphatic rings. The molecule has 0 radical (unpaired) electrons. The zero-order valence-electron chi connectivity index (χ0n) is 12.6. The van der Waals surface area contributed by atoms with Crippen molar-refractivity contribution in [3.05, 3.63) is 0 Å². The summed E-state index contributed by atoms with van der Waals surface area (Å²) in [7, 11) is 0. The summed E-state index contributed by atoms with van der Waals surface area (Å²) in [5.41, 5.74) is 0. The van der Waals surface area contributed by atoms with Crippen LogP contribution in [0.5, 0.6) is 0 Å². The second-order valence-corrected chi connectivity index (χ2v) is 7.23. The van der Waals surface area contributed by atoms with Crippen molar-refractivity contribution in [1.29, 1.82) is 0 Å². The van der Waals surface area contributed by atoms with Gasteiger partial charge in [-0.05, 0) is 62.4 Å². The molecule has 0 amide bonds. The van der Waals surface area contributed by atoms with Gasteiger partial charge >= 0.3 is 0 Å². The molecule has 1 saturated heterocycles. The first-order valence-corrected chi connectivity index (χ1v) is 7.91. The zero-order valence-corrected chi connectivity index (χ0v) is 12.6. The van der Waals surface area contributed by atoms with E-state index in [0.29, 0.717) is 17.9 Å². The van der Waals surface area contributed by atoms with Crippen molar-refractivity contribution in [3.63, 3.8) is 0 Å². The van der Waals surface area contributed by atoms with Crippen LogP contribution in [0, 0.1) is 23.7 Å². The van der Waals surface area contributed by atoms with E-state index in [1.54, 1.807) is 0 Å². The third kappa shape index (κ3) is 3.08. The average molecular weight is 253 g/mol. The maximum Gasteiger partial charge on any atom is 0.0700 e. The minimum atomic E-state index is -0.0978. The lowest BCUT2D eigenvalue weighted by molar-refractivity contribution is -0.0385. The number of nitrogens with zero attached hydrogens (tertiary/aromatic N) is 1. The van der Waals surface area contributed by atoms with Crippen LogP contribution in [0.15, 0.2) is 0 Å². The SMILES string of the molecule is CC1CC(C)C(N2CCC(C(C)C)CC2)C(O)C1. The van der Waals surface area contributed by atoms with Crippen LogP contribution >= 0.6 is 0 Å². The molecule has 2 heteroatoms. The standard InChI is InChI=1S/C16H31NO/c1-11(2)14-5-7-17(8-6-14)16-13(4)9-12(3)10-15(16)18/h11-16,18H,5-10H2,1-4H3. The second kappa shape index (κ2) is 5.92. The van der Waals surface area contributed by atoms with E-state index < -0.39 is 0 Å². The van der Waals surface area contributed by atoms with Gasteiger partial charge in [0.1, 0.15) is 0 Å². The van der Waals surface area contributed by atoms with Gasteiger partial charge in [-0.15, -0.1) is 0 Å². The topological polar surface area (TPSA) is 23.5 Å². The van der Waals surface area contributed by atoms with Gasteiger partial charge in [0.05, 0.1) is 6.10 Å². The molecule has 4 atom stereocenters. The second-order valence-electron chi connectivity index (χ2n) is 7.23. The van der Waals surface area contributed by atoms with E-state index >= 15 is 0 Å². The smallest absolute Gasteiger partial charge is 0.0700 e. The van der Waals surface area contributed by atoms with Crippen LogP contribution in [0.2, 0.25) is 0 Å². The first-order valence-electron chi connectivity index (χ1n) is 7.91. The summed E-state index contributed by atoms with van der Waals surface area (Å²) in [6.45, 7) is 11.7. The predicted octanol–water partition coefficient (Wildman–Crippen LogP) is 3.15. The Kier molecular flexibility index (Phi) is 4.71. The van der Waals surface area contributed by atoms with Crippen LogP contribution in [0.4, 0.5) is 0 Å². The molecule has 0 aromatic carbocycles. The summed E-state index contributed by atoms with van der Waals surface area (Å²) in [6.07, 6.45) is 4.83. The summed E-state index contributed by atoms with van der Waals surface area (Å²) in [4.78, 5) is 2.58. The molecule has 1 heterocycles. The number of piperidine rings is 1. The Balaban J connectivity index is 1.92. The van der Waals surface area contributed by atoms with Crippen LogP contribution in [0.1, 0.15) is 53.4 Å². The minimum absolute atomic E-state index is 0.0978. The fraction of sp³-hybridized carbons (Fsp3) is 1.00. The van der Waals surface area contributed by atoms with Crippen LogP contribution in [-0.4, -0.2) is 35.2 Å². The van der Waals surface area contributed by atoms with Crippen molar-refractivity contribution in [1.82, 2.24) is 4.90 Å². The quantitative estimate of drug-likeness (QED) is 0.817. The molecule has 1 aliphatic heterocycles. The molecule has 0 spiro atoms. The molecule has 1 aliphatic carbocycles. The van der Waals surface area contributed by atoms with Crippen molar-refractivity contribution < 1.29 is 5.11 Å². The van der Waals surface area contributed by atoms with Gasteiger partial charge in [0, 0.05) is 6.04 Å². The largest absolute Gasteiger partial charge is 0.391 e. The summed E-state index contributed by atoms with van der Waals surface area (Å²) in [6, 6.07) is 0.425. The van der Waals surface area contributed by atoms with Gasteiger partial charge in [-0.2, -0.15) is 0 Å². The lowest BCUT2D eigenvalue weighted by Gasteiger charge is -2.46. The highest BCUT2D eigenvalue weighted by molar-refractivity contribution is 4.91. The highest BCUT2D eigenvalue weighted by Gasteiger charge is 2.38. The van der Waals surface area contributed by atoms with E-state index in [4.69, 9.17) is 0 Å². The molecule has 1 N–H and O–H groups in total. The fourth-order valence-electron chi connectivity index (χ4n) is 4.29. The number of aliphatic hydroxyl groups is 1. The average Bonchev–Trinajstić information content (AvgIpc) is 2.28. The molecule has 106 valence electrons. The van der Waals surface area contributed by atoms with Crippen LogP contribution in [0.25, 0.3) is 0 Å². The Morgan fingerprint density at radius 3 is 2.17 bits per heavy atom. The van der Waals surface area contributed by atoms with Crippen LogP contribution in [0.3, 0.4) is 0 Å². The summed E-state index contributed by atoms with van der Waals surface area (Å²) < 4.78 is 0. The van der Waals surface area contributed by atoms with E-state index in [2.05, 4.69) is 32.6 Å². The molecule has 2 fully saturated rings. The lowest BCUT2D eigenvalue weighted by Crippen LogP contribution is -2.53. The van der Waals surface area contributed by atoms with Crippen LogP contribution < -0.4 is 0 Å². The first kappa shape index (κ1) is 14.3. The van der Waals surface area contributed by atoms with Gasteiger partial charge in [-0.3, -0.25) is 4.90 Å². The van der Waals surface area contributed by atoms with E-state index in [-0.39, 0.29) is 6.10 Å². The van der Waals surface area contributed by atoms with Crippen molar-refractivity contribution in [2.75, 3.05) is 13.1 Å². The summed E-state index contributed by atoms with van der Waals surface area (Å²) in [5.74, 6) is 3.07. The van der Waals surface area contributed by atoms with E-state index in [0.717, 1.165) is 18.3 Å². The molecule has 2 nitrogen and oxygen atoms in total. The molecule has 4 unspecified atom stereocenters. The zero-order chi connectivity index (χ0) is 13.3. The monoisotopic (exact) mass is 253 g/mol. The maximum absolute atomic E-state index is 10.4. The first-order chi connectivity index (χ1) is 8.49. The molecule has 2 rings (SSSR count). The molecule has 0 bridgehead atoms. The van der Waals surface area contributed by atoms with Gasteiger partial charge < -0.3 is 5.11 Å². The van der Waals surface area contributed by atoms with Crippen molar-refractivity contribution in [2.45, 2.75) is 65.5 Å². The predicted molar refractivity (Wildman–Crippen MR) is 76.5 cm³/mol. The summed E-state index contributed by atoms with van der Waals surface area (Å²) in [5, 5.41) is 10.4. The molecular weight excluding hydrogens is 222 g/mol. The third-order valence-electron chi connectivity index (χ3n) is 5.33. The third-order valence-corrected chi connectivity index (χ3v) is 5.33. The Hall–Kier alpha value is -0.0800. The highest BCUT2D eigenvalue weighted by Crippen LogP contribution is 2.35. The Bertz CT molecular complexity index is 246. The van der Waals surface area contributed by atoms with Crippen molar-refractivity contribution in [3.8, 4) is 0 Å². The number of rotatable bonds is 2. The number of hydrogen-bond acceptors (Lipinski definition) is 2. The molecule has 1 saturated carbocycles. The molecule has 18 heavy (non-hydrogen) atoms. The number of likely N-dealkylation sites (tertiary alicyclic amines) is 1. The van der Waals surface area contributed by atoms with Gasteiger partial charge in [0.2, 0.25) is 0 Å². The van der Waals surface area contributed by atoms with Gasteiger partial charge in [-0.25, -0.2) is 0 Å².